The van der Waals surface area contributed by atoms with E-state index in [1.54, 1.807) is 22.7 Å². The predicted octanol–water partition coefficient (Wildman–Crippen LogP) is 13.4. The van der Waals surface area contributed by atoms with Crippen molar-refractivity contribution in [1.29, 1.82) is 0 Å². The summed E-state index contributed by atoms with van der Waals surface area (Å²) in [5.74, 6) is 0. The van der Waals surface area contributed by atoms with Crippen LogP contribution in [0.3, 0.4) is 0 Å². The number of benzene rings is 6. The zero-order valence-corrected chi connectivity index (χ0v) is 30.6. The second kappa shape index (κ2) is 13.7. The smallest absolute Gasteiger partial charge is 0.0824 e. The molecule has 0 radical (unpaired) electrons. The summed E-state index contributed by atoms with van der Waals surface area (Å²) in [6.07, 6.45) is 7.61. The van der Waals surface area contributed by atoms with Gasteiger partial charge in [-0.3, -0.25) is 19.9 Å². The molecule has 0 atom stereocenters. The van der Waals surface area contributed by atoms with Crippen LogP contribution >= 0.6 is 22.7 Å². The highest BCUT2D eigenvalue weighted by atomic mass is 32.1. The van der Waals surface area contributed by atoms with Gasteiger partial charge in [0.15, 0.2) is 0 Å². The molecule has 4 heterocycles. The molecule has 10 rings (SSSR count). The number of hydrogen-bond acceptors (Lipinski definition) is 6. The third-order valence-corrected chi connectivity index (χ3v) is 11.6. The summed E-state index contributed by atoms with van der Waals surface area (Å²) in [7, 11) is 0. The van der Waals surface area contributed by atoms with E-state index in [1.807, 2.05) is 35.8 Å². The topological polar surface area (TPSA) is 51.6 Å². The van der Waals surface area contributed by atoms with E-state index in [4.69, 9.17) is 9.97 Å². The van der Waals surface area contributed by atoms with Gasteiger partial charge in [-0.25, -0.2) is 0 Å². The molecule has 0 saturated carbocycles. The molecule has 10 aromatic rings. The van der Waals surface area contributed by atoms with Gasteiger partial charge >= 0.3 is 0 Å². The Morgan fingerprint density at radius 1 is 0.333 bits per heavy atom. The third-order valence-electron chi connectivity index (χ3n) is 9.97. The number of hydrogen-bond donors (Lipinski definition) is 0. The first-order valence-corrected chi connectivity index (χ1v) is 19.5. The Morgan fingerprint density at radius 2 is 0.796 bits per heavy atom. The number of thiazole rings is 2. The van der Waals surface area contributed by atoms with E-state index in [0.29, 0.717) is 0 Å². The summed E-state index contributed by atoms with van der Waals surface area (Å²) in [6, 6.07) is 52.7. The molecular weight excluding hydrogens is 697 g/mol. The monoisotopic (exact) mass is 726 g/mol. The van der Waals surface area contributed by atoms with Gasteiger partial charge in [0.25, 0.3) is 0 Å². The van der Waals surface area contributed by atoms with E-state index in [2.05, 4.69) is 156 Å². The lowest BCUT2D eigenvalue weighted by molar-refractivity contribution is 1.33. The Balaban J connectivity index is 1.27. The molecule has 0 bridgehead atoms. The molecule has 54 heavy (non-hydrogen) atoms. The maximum absolute atomic E-state index is 4.77. The van der Waals surface area contributed by atoms with Crippen molar-refractivity contribution in [2.75, 3.05) is 0 Å². The van der Waals surface area contributed by atoms with Crippen molar-refractivity contribution in [2.45, 2.75) is 0 Å². The van der Waals surface area contributed by atoms with Gasteiger partial charge in [0, 0.05) is 24.8 Å². The second-order valence-electron chi connectivity index (χ2n) is 13.2. The van der Waals surface area contributed by atoms with Crippen LogP contribution in [0.15, 0.2) is 181 Å². The summed E-state index contributed by atoms with van der Waals surface area (Å²) in [5, 5.41) is 4.71. The minimum atomic E-state index is 0.916. The molecule has 0 spiro atoms. The first-order chi connectivity index (χ1) is 26.8. The lowest BCUT2D eigenvalue weighted by atomic mass is 9.84. The molecule has 0 N–H and O–H groups in total. The first kappa shape index (κ1) is 32.1. The molecule has 6 heteroatoms. The van der Waals surface area contributed by atoms with Crippen LogP contribution in [0, 0.1) is 0 Å². The van der Waals surface area contributed by atoms with Gasteiger partial charge in [-0.1, -0.05) is 97.1 Å². The Labute approximate surface area is 320 Å². The molecule has 6 aromatic carbocycles. The largest absolute Gasteiger partial charge is 0.255 e. The van der Waals surface area contributed by atoms with Crippen molar-refractivity contribution in [3.05, 3.63) is 181 Å². The summed E-state index contributed by atoms with van der Waals surface area (Å²) >= 11 is 3.20. The second-order valence-corrected chi connectivity index (χ2v) is 15.0. The lowest BCUT2D eigenvalue weighted by Crippen LogP contribution is -1.93. The summed E-state index contributed by atoms with van der Waals surface area (Å²) < 4.78 is 0. The van der Waals surface area contributed by atoms with Crippen LogP contribution in [-0.4, -0.2) is 19.9 Å². The van der Waals surface area contributed by atoms with Crippen LogP contribution in [0.25, 0.3) is 98.3 Å². The predicted molar refractivity (Wildman–Crippen MR) is 226 cm³/mol. The maximum atomic E-state index is 4.77. The van der Waals surface area contributed by atoms with E-state index in [1.165, 1.54) is 54.9 Å². The number of pyridine rings is 2. The zero-order valence-electron chi connectivity index (χ0n) is 28.9. The molecule has 4 nitrogen and oxygen atoms in total. The highest BCUT2D eigenvalue weighted by molar-refractivity contribution is 7.13. The molecule has 0 aliphatic heterocycles. The maximum Gasteiger partial charge on any atom is 0.0824 e. The van der Waals surface area contributed by atoms with Gasteiger partial charge in [0.1, 0.15) is 0 Å². The van der Waals surface area contributed by atoms with Crippen LogP contribution in [0.2, 0.25) is 0 Å². The van der Waals surface area contributed by atoms with Gasteiger partial charge < -0.3 is 0 Å². The molecular formula is C48H30N4S2. The number of aromatic nitrogens is 4. The molecule has 0 amide bonds. The van der Waals surface area contributed by atoms with Crippen LogP contribution in [-0.2, 0) is 0 Å². The average molecular weight is 727 g/mol. The SMILES string of the molecule is c1ccc(-c2cc(-c3ccccc3)cc(-c3ccc4c(-c5ccnc(-c6cncs6)c5)c5ccccc5c(-c5ccnc(-c6cncs6)c5)c4c3)c2)cc1. The standard InChI is InChI=1S/C48H30N4S2/c1-3-9-31(10-4-1)36-21-37(32-11-5-2-6-12-32)23-38(22-36)33-15-16-41-42(24-33)48(35-18-20-52-44(26-35)46-28-50-30-54-46)40-14-8-7-13-39(40)47(41)34-17-19-51-43(25-34)45-27-49-29-53-45/h1-30H. The van der Waals surface area contributed by atoms with Gasteiger partial charge in [0.05, 0.1) is 32.2 Å². The first-order valence-electron chi connectivity index (χ1n) is 17.7. The third kappa shape index (κ3) is 5.88. The lowest BCUT2D eigenvalue weighted by Gasteiger charge is -2.19. The molecule has 254 valence electrons. The van der Waals surface area contributed by atoms with Gasteiger partial charge in [-0.05, 0) is 126 Å². The molecule has 0 aliphatic carbocycles. The van der Waals surface area contributed by atoms with Crippen molar-refractivity contribution in [3.63, 3.8) is 0 Å². The quantitative estimate of drug-likeness (QED) is 0.153. The molecule has 0 aliphatic rings. The van der Waals surface area contributed by atoms with Crippen molar-refractivity contribution >= 4 is 44.2 Å². The summed E-state index contributed by atoms with van der Waals surface area (Å²) in [6.45, 7) is 0. The molecule has 0 saturated heterocycles. The van der Waals surface area contributed by atoms with E-state index in [-0.39, 0.29) is 0 Å². The van der Waals surface area contributed by atoms with Crippen molar-refractivity contribution in [3.8, 4) is 76.8 Å². The van der Waals surface area contributed by atoms with Crippen LogP contribution in [0.4, 0.5) is 0 Å². The molecule has 0 unspecified atom stereocenters. The molecule has 4 aromatic heterocycles. The average Bonchev–Trinajstić information content (AvgIpc) is 4.00. The van der Waals surface area contributed by atoms with Crippen molar-refractivity contribution in [2.24, 2.45) is 0 Å². The highest BCUT2D eigenvalue weighted by Crippen LogP contribution is 2.46. The highest BCUT2D eigenvalue weighted by Gasteiger charge is 2.19. The van der Waals surface area contributed by atoms with E-state index in [9.17, 15) is 0 Å². The van der Waals surface area contributed by atoms with Gasteiger partial charge in [-0.2, -0.15) is 0 Å². The van der Waals surface area contributed by atoms with Crippen LogP contribution in [0.5, 0.6) is 0 Å². The Kier molecular flexibility index (Phi) is 8.17. The normalized spacial score (nSPS) is 11.3. The Bertz CT molecular complexity index is 2860. The number of rotatable bonds is 7. The fourth-order valence-electron chi connectivity index (χ4n) is 7.49. The minimum absolute atomic E-state index is 0.916. The minimum Gasteiger partial charge on any atom is -0.255 e. The van der Waals surface area contributed by atoms with Gasteiger partial charge in [0.2, 0.25) is 0 Å². The van der Waals surface area contributed by atoms with E-state index >= 15 is 0 Å². The summed E-state index contributed by atoms with van der Waals surface area (Å²) in [5.41, 5.74) is 17.2. The van der Waals surface area contributed by atoms with Crippen LogP contribution in [0.1, 0.15) is 0 Å². The Morgan fingerprint density at radius 3 is 1.30 bits per heavy atom. The number of nitrogens with zero attached hydrogens (tertiary/aromatic N) is 4. The van der Waals surface area contributed by atoms with Crippen LogP contribution < -0.4 is 0 Å². The fourth-order valence-corrected chi connectivity index (χ4v) is 8.67. The van der Waals surface area contributed by atoms with Crippen molar-refractivity contribution < 1.29 is 0 Å². The van der Waals surface area contributed by atoms with E-state index < -0.39 is 0 Å². The van der Waals surface area contributed by atoms with Gasteiger partial charge in [-0.15, -0.1) is 22.7 Å². The Hall–Kier alpha value is -6.60. The van der Waals surface area contributed by atoms with E-state index in [0.717, 1.165) is 43.4 Å². The van der Waals surface area contributed by atoms with Crippen molar-refractivity contribution in [1.82, 2.24) is 19.9 Å². The zero-order chi connectivity index (χ0) is 35.8. The fraction of sp³-hybridized carbons (Fsp3) is 0. The molecule has 0 fully saturated rings. The number of fused-ring (bicyclic) bond motifs is 2. The summed E-state index contributed by atoms with van der Waals surface area (Å²) in [4.78, 5) is 20.3.